The Balaban J connectivity index is 0.000000350. The molecule has 0 aliphatic rings. The molecule has 0 saturated carbocycles. The molecule has 0 aliphatic carbocycles. The molecule has 66 heavy (non-hydrogen) atoms. The van der Waals surface area contributed by atoms with E-state index in [9.17, 15) is 0 Å². The van der Waals surface area contributed by atoms with Crippen LogP contribution in [-0.2, 0) is 25.7 Å². The Morgan fingerprint density at radius 1 is 0.394 bits per heavy atom. The quantitative estimate of drug-likeness (QED) is 0.0475. The van der Waals surface area contributed by atoms with Crippen LogP contribution in [0.3, 0.4) is 0 Å². The van der Waals surface area contributed by atoms with Crippen LogP contribution in [-0.4, -0.2) is 36.8 Å². The first-order valence-corrected chi connectivity index (χ1v) is 49.9. The summed E-state index contributed by atoms with van der Waals surface area (Å²) in [6.07, 6.45) is 26.6. The summed E-state index contributed by atoms with van der Waals surface area (Å²) in [4.78, 5) is 15.7. The number of fused-ring (bicyclic) bond motifs is 4. The van der Waals surface area contributed by atoms with Crippen molar-refractivity contribution in [3.63, 3.8) is 0 Å². The second-order valence-electron chi connectivity index (χ2n) is 21.9. The minimum absolute atomic E-state index is 0. The van der Waals surface area contributed by atoms with Gasteiger partial charge < -0.3 is 0 Å². The van der Waals surface area contributed by atoms with Crippen LogP contribution in [0.4, 0.5) is 0 Å². The first kappa shape index (κ1) is 60.2. The van der Waals surface area contributed by atoms with Crippen LogP contribution in [0.25, 0.3) is 40.3 Å². The van der Waals surface area contributed by atoms with Gasteiger partial charge in [0.15, 0.2) is 0 Å². The number of rotatable bonds is 26. The van der Waals surface area contributed by atoms with Gasteiger partial charge in [-0.1, -0.05) is 93.9 Å². The van der Waals surface area contributed by atoms with Gasteiger partial charge in [0.1, 0.15) is 0 Å². The maximum atomic E-state index is 2.72. The molecule has 6 rings (SSSR count). The molecule has 0 saturated heterocycles. The third kappa shape index (κ3) is 15.4. The monoisotopic (exact) mass is 1190 g/mol. The second kappa shape index (κ2) is 28.8. The molecule has 372 valence electrons. The molecule has 0 N–H and O–H groups in total. The number of thiophene rings is 4. The standard InChI is InChI=1S/C26H38S2.C26H36S2.2CH4.6CH3.2Sn/c2*1-5-9-11-19(7-3)17-23-21-13-15-28-26(21)24(22-14-16-27-25(22)23)18-20(8-4)12-10-6-2;;;;;;;;;;/h13-16,19-20H,5-12,17-18H2,1-4H3;13-14,19-20H,5-12,17-18H2,1-4H3;2*1H4;6*1H3;;. The SMILES string of the molecule is C.C.CCCCC(CC)Cc1c2c[c]([Sn]([CH3])([CH3])[CH3])sc2c(CC(CC)CCCC)c2c[c]([Sn]([CH3])([CH3])[CH3])sc12.CCCCC(CC)Cc1c2ccsc2c(CC(CC)CCCC)c2ccsc12. The van der Waals surface area contributed by atoms with E-state index in [4.69, 9.17) is 0 Å². The number of hydrogen-bond acceptors (Lipinski definition) is 4. The topological polar surface area (TPSA) is 0 Å². The zero-order chi connectivity index (χ0) is 46.6. The Bertz CT molecular complexity index is 2040. The Labute approximate surface area is 433 Å². The summed E-state index contributed by atoms with van der Waals surface area (Å²) in [5.41, 5.74) is 6.76. The number of hydrogen-bond donors (Lipinski definition) is 0. The molecule has 0 amide bonds. The molecule has 0 spiro atoms. The van der Waals surface area contributed by atoms with E-state index in [1.807, 2.05) is 22.7 Å². The van der Waals surface area contributed by atoms with E-state index in [-0.39, 0.29) is 14.9 Å². The molecule has 0 bridgehead atoms. The Morgan fingerprint density at radius 3 is 0.909 bits per heavy atom. The fraction of sp³-hybridized carbons (Fsp3) is 0.667. The fourth-order valence-electron chi connectivity index (χ4n) is 10.2. The molecular weight excluding hydrogens is 1090 g/mol. The summed E-state index contributed by atoms with van der Waals surface area (Å²) in [5.74, 6) is 3.29. The molecule has 0 fully saturated rings. The van der Waals surface area contributed by atoms with Crippen LogP contribution in [0.15, 0.2) is 35.0 Å². The van der Waals surface area contributed by atoms with E-state index in [2.05, 4.69) is 143 Å². The molecule has 6 aromatic rings. The van der Waals surface area contributed by atoms with Gasteiger partial charge in [0.05, 0.1) is 0 Å². The molecule has 4 unspecified atom stereocenters. The summed E-state index contributed by atoms with van der Waals surface area (Å²) >= 11 is 4.06. The van der Waals surface area contributed by atoms with Gasteiger partial charge in [-0.2, -0.15) is 0 Å². The number of benzene rings is 2. The van der Waals surface area contributed by atoms with E-state index in [0.29, 0.717) is 0 Å². The van der Waals surface area contributed by atoms with E-state index in [0.717, 1.165) is 23.7 Å². The van der Waals surface area contributed by atoms with Gasteiger partial charge in [0.2, 0.25) is 0 Å². The maximum absolute atomic E-state index is 2.72. The van der Waals surface area contributed by atoms with Crippen molar-refractivity contribution in [2.24, 2.45) is 23.7 Å². The Morgan fingerprint density at radius 2 is 0.667 bits per heavy atom. The van der Waals surface area contributed by atoms with Crippen molar-refractivity contribution in [2.75, 3.05) is 0 Å². The van der Waals surface area contributed by atoms with Crippen LogP contribution in [0.2, 0.25) is 29.6 Å². The van der Waals surface area contributed by atoms with Crippen LogP contribution in [0.1, 0.15) is 195 Å². The molecule has 4 heterocycles. The largest absolute Gasteiger partial charge is 0.143 e. The van der Waals surface area contributed by atoms with Crippen molar-refractivity contribution in [2.45, 2.75) is 228 Å². The second-order valence-corrected chi connectivity index (χ2v) is 56.7. The van der Waals surface area contributed by atoms with Gasteiger partial charge in [-0.05, 0) is 69.5 Å². The van der Waals surface area contributed by atoms with E-state index < -0.39 is 36.8 Å². The van der Waals surface area contributed by atoms with Gasteiger partial charge in [0.25, 0.3) is 0 Å². The average molecular weight is 1190 g/mol. The molecule has 4 atom stereocenters. The Hall–Kier alpha value is -0.123. The van der Waals surface area contributed by atoms with Crippen molar-refractivity contribution < 1.29 is 0 Å². The molecule has 4 aromatic heterocycles. The fourth-order valence-corrected chi connectivity index (χ4v) is 25.1. The molecule has 0 nitrogen and oxygen atoms in total. The van der Waals surface area contributed by atoms with Crippen molar-refractivity contribution in [3.05, 3.63) is 57.3 Å². The summed E-state index contributed by atoms with van der Waals surface area (Å²) in [7, 11) is 0. The zero-order valence-corrected chi connectivity index (χ0v) is 52.5. The maximum Gasteiger partial charge on any atom is 0.0384 e. The summed E-state index contributed by atoms with van der Waals surface area (Å²) < 4.78 is 10.1. The third-order valence-corrected chi connectivity index (χ3v) is 38.0. The number of unbranched alkanes of at least 4 members (excludes halogenated alkanes) is 4. The summed E-state index contributed by atoms with van der Waals surface area (Å²) in [5, 5.41) is 11.1. The molecule has 6 heteroatoms. The van der Waals surface area contributed by atoms with E-state index in [1.54, 1.807) is 68.4 Å². The van der Waals surface area contributed by atoms with Gasteiger partial charge >= 0.3 is 242 Å². The normalized spacial score (nSPS) is 14.0. The summed E-state index contributed by atoms with van der Waals surface area (Å²) in [6, 6.07) is 10.3. The van der Waals surface area contributed by atoms with Crippen LogP contribution in [0.5, 0.6) is 0 Å². The molecule has 0 radical (unpaired) electrons. The van der Waals surface area contributed by atoms with Gasteiger partial charge in [-0.3, -0.25) is 0 Å². The van der Waals surface area contributed by atoms with Crippen molar-refractivity contribution >= 4 is 128 Å². The predicted octanol–water partition coefficient (Wildman–Crippen LogP) is 21.6. The van der Waals surface area contributed by atoms with Crippen molar-refractivity contribution in [3.8, 4) is 0 Å². The third-order valence-electron chi connectivity index (χ3n) is 14.8. The van der Waals surface area contributed by atoms with E-state index in [1.165, 1.54) is 128 Å². The van der Waals surface area contributed by atoms with E-state index >= 15 is 0 Å². The van der Waals surface area contributed by atoms with Gasteiger partial charge in [-0.15, -0.1) is 22.7 Å². The minimum atomic E-state index is -2.17. The Kier molecular flexibility index (Phi) is 26.3. The summed E-state index contributed by atoms with van der Waals surface area (Å²) in [6.45, 7) is 19.0. The molecular formula is C60H100S4Sn2. The molecule has 0 aliphatic heterocycles. The van der Waals surface area contributed by atoms with Crippen molar-refractivity contribution in [1.29, 1.82) is 0 Å². The average Bonchev–Trinajstić information content (AvgIpc) is 4.11. The molecule has 2 aromatic carbocycles. The van der Waals surface area contributed by atoms with Crippen molar-refractivity contribution in [1.82, 2.24) is 0 Å². The predicted molar refractivity (Wildman–Crippen MR) is 322 cm³/mol. The smallest absolute Gasteiger partial charge is 0.0384 e. The first-order chi connectivity index (χ1) is 30.7. The van der Waals surface area contributed by atoms with Crippen LogP contribution in [0, 0.1) is 23.7 Å². The van der Waals surface area contributed by atoms with Crippen LogP contribution < -0.4 is 5.79 Å². The minimum Gasteiger partial charge on any atom is -0.143 e. The van der Waals surface area contributed by atoms with Gasteiger partial charge in [0, 0.05) is 9.40 Å². The zero-order valence-electron chi connectivity index (χ0n) is 43.5. The van der Waals surface area contributed by atoms with Crippen LogP contribution >= 0.6 is 45.3 Å². The van der Waals surface area contributed by atoms with Gasteiger partial charge in [-0.25, -0.2) is 0 Å². The first-order valence-electron chi connectivity index (χ1n) is 26.6.